The molecule has 2 N–H and O–H groups in total. The predicted molar refractivity (Wildman–Crippen MR) is 82.7 cm³/mol. The standard InChI is InChI=1S/C16H16F2N2O4/c1-23-13-9-10(4-5-12(13)24-16(17)18)6-8-20-15(22)11-3-2-7-19-14(11)21/h2-5,7,9,16H,6,8H2,1H3,(H,19,21)(H,20,22). The fourth-order valence-corrected chi connectivity index (χ4v) is 2.08. The molecule has 0 fully saturated rings. The summed E-state index contributed by atoms with van der Waals surface area (Å²) < 4.78 is 33.9. The van der Waals surface area contributed by atoms with Gasteiger partial charge in [-0.05, 0) is 36.2 Å². The van der Waals surface area contributed by atoms with Crippen molar-refractivity contribution in [3.63, 3.8) is 0 Å². The lowest BCUT2D eigenvalue weighted by Gasteiger charge is -2.11. The minimum atomic E-state index is -2.94. The number of carbonyl (C=O) groups excluding carboxylic acids is 1. The molecule has 1 amide bonds. The quantitative estimate of drug-likeness (QED) is 0.809. The van der Waals surface area contributed by atoms with E-state index in [1.165, 1.54) is 25.4 Å². The zero-order valence-corrected chi connectivity index (χ0v) is 12.8. The van der Waals surface area contributed by atoms with Crippen molar-refractivity contribution < 1.29 is 23.0 Å². The third-order valence-electron chi connectivity index (χ3n) is 3.21. The maximum absolute atomic E-state index is 12.3. The zero-order valence-electron chi connectivity index (χ0n) is 12.8. The summed E-state index contributed by atoms with van der Waals surface area (Å²) in [6.07, 6.45) is 1.87. The van der Waals surface area contributed by atoms with Gasteiger partial charge < -0.3 is 19.8 Å². The molecule has 0 aliphatic heterocycles. The van der Waals surface area contributed by atoms with Crippen LogP contribution < -0.4 is 20.3 Å². The second-order valence-corrected chi connectivity index (χ2v) is 4.78. The van der Waals surface area contributed by atoms with Crippen LogP contribution in [0.3, 0.4) is 0 Å². The van der Waals surface area contributed by atoms with Gasteiger partial charge in [-0.25, -0.2) is 0 Å². The van der Waals surface area contributed by atoms with Crippen LogP contribution in [0.2, 0.25) is 0 Å². The predicted octanol–water partition coefficient (Wildman–Crippen LogP) is 1.96. The van der Waals surface area contributed by atoms with Gasteiger partial charge in [0.25, 0.3) is 11.5 Å². The SMILES string of the molecule is COc1cc(CCNC(=O)c2ccc[nH]c2=O)ccc1OC(F)F. The first-order chi connectivity index (χ1) is 11.5. The Kier molecular flexibility index (Phi) is 5.89. The summed E-state index contributed by atoms with van der Waals surface area (Å²) in [7, 11) is 1.35. The van der Waals surface area contributed by atoms with Crippen molar-refractivity contribution in [2.45, 2.75) is 13.0 Å². The Morgan fingerprint density at radius 3 is 2.75 bits per heavy atom. The van der Waals surface area contributed by atoms with Crippen LogP contribution in [-0.2, 0) is 6.42 Å². The summed E-state index contributed by atoms with van der Waals surface area (Å²) in [5, 5.41) is 2.62. The zero-order chi connectivity index (χ0) is 17.5. The van der Waals surface area contributed by atoms with Crippen LogP contribution in [0.1, 0.15) is 15.9 Å². The number of rotatable bonds is 7. The van der Waals surface area contributed by atoms with E-state index in [1.807, 2.05) is 0 Å². The number of ether oxygens (including phenoxy) is 2. The van der Waals surface area contributed by atoms with E-state index in [0.29, 0.717) is 6.42 Å². The monoisotopic (exact) mass is 338 g/mol. The Morgan fingerprint density at radius 1 is 1.29 bits per heavy atom. The molecule has 1 aromatic heterocycles. The highest BCUT2D eigenvalue weighted by Gasteiger charge is 2.12. The molecule has 0 radical (unpaired) electrons. The molecule has 0 spiro atoms. The van der Waals surface area contributed by atoms with Crippen molar-refractivity contribution in [2.24, 2.45) is 0 Å². The number of amides is 1. The summed E-state index contributed by atoms with van der Waals surface area (Å²) in [5.41, 5.74) is 0.316. The molecule has 0 aliphatic carbocycles. The summed E-state index contributed by atoms with van der Waals surface area (Å²) in [6, 6.07) is 7.52. The maximum Gasteiger partial charge on any atom is 0.387 e. The smallest absolute Gasteiger partial charge is 0.387 e. The highest BCUT2D eigenvalue weighted by molar-refractivity contribution is 5.93. The molecule has 2 aromatic rings. The number of hydrogen-bond donors (Lipinski definition) is 2. The molecule has 0 bridgehead atoms. The van der Waals surface area contributed by atoms with Crippen LogP contribution in [-0.4, -0.2) is 31.2 Å². The number of aromatic nitrogens is 1. The van der Waals surface area contributed by atoms with Gasteiger partial charge in [0.15, 0.2) is 11.5 Å². The average Bonchev–Trinajstić information content (AvgIpc) is 2.56. The molecule has 128 valence electrons. The molecule has 0 atom stereocenters. The number of H-pyrrole nitrogens is 1. The molecule has 24 heavy (non-hydrogen) atoms. The van der Waals surface area contributed by atoms with Crippen molar-refractivity contribution >= 4 is 5.91 Å². The number of aromatic amines is 1. The van der Waals surface area contributed by atoms with Gasteiger partial charge in [-0.3, -0.25) is 9.59 Å². The van der Waals surface area contributed by atoms with E-state index in [0.717, 1.165) is 5.56 Å². The summed E-state index contributed by atoms with van der Waals surface area (Å²) >= 11 is 0. The molecule has 8 heteroatoms. The number of benzene rings is 1. The summed E-state index contributed by atoms with van der Waals surface area (Å²) in [4.78, 5) is 25.8. The van der Waals surface area contributed by atoms with E-state index in [-0.39, 0.29) is 23.6 Å². The van der Waals surface area contributed by atoms with Crippen molar-refractivity contribution in [3.8, 4) is 11.5 Å². The molecule has 0 aliphatic rings. The molecule has 2 rings (SSSR count). The number of hydrogen-bond acceptors (Lipinski definition) is 4. The molecular formula is C16H16F2N2O4. The van der Waals surface area contributed by atoms with Gasteiger partial charge in [0, 0.05) is 12.7 Å². The number of methoxy groups -OCH3 is 1. The van der Waals surface area contributed by atoms with E-state index in [9.17, 15) is 18.4 Å². The van der Waals surface area contributed by atoms with E-state index in [2.05, 4.69) is 15.0 Å². The van der Waals surface area contributed by atoms with Gasteiger partial charge in [-0.1, -0.05) is 6.07 Å². The first-order valence-electron chi connectivity index (χ1n) is 7.09. The van der Waals surface area contributed by atoms with E-state index in [4.69, 9.17) is 4.74 Å². The Morgan fingerprint density at radius 2 is 2.08 bits per heavy atom. The molecule has 0 unspecified atom stereocenters. The normalized spacial score (nSPS) is 10.5. The van der Waals surface area contributed by atoms with Crippen molar-refractivity contribution in [1.82, 2.24) is 10.3 Å². The van der Waals surface area contributed by atoms with E-state index < -0.39 is 18.1 Å². The van der Waals surface area contributed by atoms with Crippen LogP contribution in [0.25, 0.3) is 0 Å². The van der Waals surface area contributed by atoms with Gasteiger partial charge in [-0.15, -0.1) is 0 Å². The minimum absolute atomic E-state index is 0.0239. The minimum Gasteiger partial charge on any atom is -0.493 e. The van der Waals surface area contributed by atoms with Crippen LogP contribution in [0.5, 0.6) is 11.5 Å². The van der Waals surface area contributed by atoms with Gasteiger partial charge in [0.1, 0.15) is 5.56 Å². The Hall–Kier alpha value is -2.90. The molecule has 6 nitrogen and oxygen atoms in total. The fourth-order valence-electron chi connectivity index (χ4n) is 2.08. The fraction of sp³-hybridized carbons (Fsp3) is 0.250. The van der Waals surface area contributed by atoms with Crippen molar-refractivity contribution in [1.29, 1.82) is 0 Å². The lowest BCUT2D eigenvalue weighted by Crippen LogP contribution is -2.30. The highest BCUT2D eigenvalue weighted by Crippen LogP contribution is 2.29. The van der Waals surface area contributed by atoms with Crippen LogP contribution in [0, 0.1) is 0 Å². The van der Waals surface area contributed by atoms with Crippen molar-refractivity contribution in [3.05, 3.63) is 58.0 Å². The lowest BCUT2D eigenvalue weighted by molar-refractivity contribution is -0.0512. The van der Waals surface area contributed by atoms with Gasteiger partial charge in [-0.2, -0.15) is 8.78 Å². The van der Waals surface area contributed by atoms with Gasteiger partial charge in [0.2, 0.25) is 0 Å². The Balaban J connectivity index is 1.96. The molecule has 1 heterocycles. The summed E-state index contributed by atoms with van der Waals surface area (Å²) in [5.74, 6) is -0.365. The molecule has 0 saturated heterocycles. The second kappa shape index (κ2) is 8.09. The highest BCUT2D eigenvalue weighted by atomic mass is 19.3. The maximum atomic E-state index is 12.3. The van der Waals surface area contributed by atoms with Gasteiger partial charge in [0.05, 0.1) is 7.11 Å². The topological polar surface area (TPSA) is 80.4 Å². The van der Waals surface area contributed by atoms with Gasteiger partial charge >= 0.3 is 6.61 Å². The number of alkyl halides is 2. The number of halogens is 2. The van der Waals surface area contributed by atoms with E-state index >= 15 is 0 Å². The third-order valence-corrected chi connectivity index (χ3v) is 3.21. The number of carbonyl (C=O) groups is 1. The first kappa shape index (κ1) is 17.5. The Labute approximate surface area is 136 Å². The van der Waals surface area contributed by atoms with E-state index in [1.54, 1.807) is 18.2 Å². The van der Waals surface area contributed by atoms with Crippen LogP contribution in [0.4, 0.5) is 8.78 Å². The number of pyridine rings is 1. The van der Waals surface area contributed by atoms with Crippen LogP contribution in [0.15, 0.2) is 41.3 Å². The van der Waals surface area contributed by atoms with Crippen LogP contribution >= 0.6 is 0 Å². The summed E-state index contributed by atoms with van der Waals surface area (Å²) in [6.45, 7) is -2.67. The third kappa shape index (κ3) is 4.55. The number of nitrogens with one attached hydrogen (secondary N) is 2. The van der Waals surface area contributed by atoms with Crippen molar-refractivity contribution in [2.75, 3.05) is 13.7 Å². The lowest BCUT2D eigenvalue weighted by atomic mass is 10.1. The Bertz CT molecular complexity index is 762. The molecule has 1 aromatic carbocycles. The molecule has 0 saturated carbocycles. The largest absolute Gasteiger partial charge is 0.493 e. The average molecular weight is 338 g/mol. The first-order valence-corrected chi connectivity index (χ1v) is 7.09. The molecular weight excluding hydrogens is 322 g/mol. The second-order valence-electron chi connectivity index (χ2n) is 4.78.